The van der Waals surface area contributed by atoms with Crippen LogP contribution in [0.5, 0.6) is 0 Å². The Morgan fingerprint density at radius 1 is 1.38 bits per heavy atom. The quantitative estimate of drug-likeness (QED) is 0.838. The fourth-order valence-corrected chi connectivity index (χ4v) is 3.94. The van der Waals surface area contributed by atoms with Crippen LogP contribution in [0.2, 0.25) is 0 Å². The Morgan fingerprint density at radius 2 is 2.10 bits per heavy atom. The van der Waals surface area contributed by atoms with E-state index < -0.39 is 10.0 Å². The summed E-state index contributed by atoms with van der Waals surface area (Å²) in [6, 6.07) is 8.28. The average Bonchev–Trinajstić information content (AvgIpc) is 2.53. The predicted octanol–water partition coefficient (Wildman–Crippen LogP) is 0.837. The molecule has 1 aromatic carbocycles. The smallest absolute Gasteiger partial charge is 0.243 e. The molecular weight excluding hydrogens is 288 g/mol. The molecule has 112 valence electrons. The van der Waals surface area contributed by atoms with Crippen molar-refractivity contribution in [1.82, 2.24) is 9.62 Å². The molecule has 1 saturated heterocycles. The maximum absolute atomic E-state index is 12.5. The largest absolute Gasteiger partial charge is 0.345 e. The van der Waals surface area contributed by atoms with Gasteiger partial charge in [-0.3, -0.25) is 4.79 Å². The molecule has 0 aromatic heterocycles. The van der Waals surface area contributed by atoms with Gasteiger partial charge in [-0.05, 0) is 25.0 Å². The molecule has 1 fully saturated rings. The highest BCUT2D eigenvalue weighted by atomic mass is 32.2. The van der Waals surface area contributed by atoms with Crippen LogP contribution in [-0.4, -0.2) is 38.3 Å². The number of piperidine rings is 1. The van der Waals surface area contributed by atoms with Crippen molar-refractivity contribution in [2.45, 2.75) is 17.7 Å². The number of nitrogens with zero attached hydrogens (tertiary/aromatic N) is 1. The van der Waals surface area contributed by atoms with E-state index >= 15 is 0 Å². The molecule has 1 N–H and O–H groups in total. The normalized spacial score (nSPS) is 19.7. The average molecular weight is 306 g/mol. The number of amides is 1. The van der Waals surface area contributed by atoms with E-state index in [0.29, 0.717) is 19.4 Å². The van der Waals surface area contributed by atoms with Crippen LogP contribution >= 0.6 is 0 Å². The molecule has 0 bridgehead atoms. The van der Waals surface area contributed by atoms with Crippen molar-refractivity contribution in [3.8, 4) is 12.3 Å². The Kier molecular flexibility index (Phi) is 4.99. The van der Waals surface area contributed by atoms with Crippen molar-refractivity contribution in [3.05, 3.63) is 30.3 Å². The molecule has 1 aliphatic rings. The molecule has 2 rings (SSSR count). The van der Waals surface area contributed by atoms with E-state index in [4.69, 9.17) is 6.42 Å². The number of carbonyl (C=O) groups is 1. The third-order valence-corrected chi connectivity index (χ3v) is 5.38. The van der Waals surface area contributed by atoms with Crippen LogP contribution in [0.25, 0.3) is 0 Å². The zero-order valence-electron chi connectivity index (χ0n) is 11.7. The van der Waals surface area contributed by atoms with Gasteiger partial charge >= 0.3 is 0 Å². The lowest BCUT2D eigenvalue weighted by molar-refractivity contribution is -0.125. The molecule has 1 aliphatic heterocycles. The van der Waals surface area contributed by atoms with Gasteiger partial charge in [-0.2, -0.15) is 4.31 Å². The number of rotatable bonds is 4. The van der Waals surface area contributed by atoms with Crippen molar-refractivity contribution in [1.29, 1.82) is 0 Å². The van der Waals surface area contributed by atoms with Gasteiger partial charge in [0.05, 0.1) is 17.4 Å². The second-order valence-electron chi connectivity index (χ2n) is 4.94. The first-order chi connectivity index (χ1) is 10.1. The first kappa shape index (κ1) is 15.5. The van der Waals surface area contributed by atoms with Crippen molar-refractivity contribution in [2.24, 2.45) is 5.92 Å². The predicted molar refractivity (Wildman–Crippen MR) is 79.8 cm³/mol. The minimum atomic E-state index is -3.54. The van der Waals surface area contributed by atoms with Crippen LogP contribution in [0.15, 0.2) is 35.2 Å². The SMILES string of the molecule is C#CCNC(=O)[C@H]1CCCN(S(=O)(=O)c2ccccc2)C1. The molecule has 21 heavy (non-hydrogen) atoms. The molecule has 6 heteroatoms. The molecule has 1 aromatic rings. The Balaban J connectivity index is 2.11. The second-order valence-corrected chi connectivity index (χ2v) is 6.88. The zero-order valence-corrected chi connectivity index (χ0v) is 12.5. The third-order valence-electron chi connectivity index (χ3n) is 3.50. The summed E-state index contributed by atoms with van der Waals surface area (Å²) in [6.45, 7) is 0.810. The van der Waals surface area contributed by atoms with E-state index in [1.165, 1.54) is 4.31 Å². The van der Waals surface area contributed by atoms with Crippen molar-refractivity contribution < 1.29 is 13.2 Å². The molecule has 1 heterocycles. The monoisotopic (exact) mass is 306 g/mol. The minimum absolute atomic E-state index is 0.167. The van der Waals surface area contributed by atoms with Gasteiger partial charge in [-0.25, -0.2) is 8.42 Å². The summed E-state index contributed by atoms with van der Waals surface area (Å²) in [6.07, 6.45) is 6.45. The molecule has 0 unspecified atom stereocenters. The van der Waals surface area contributed by atoms with Gasteiger partial charge in [0.15, 0.2) is 0 Å². The summed E-state index contributed by atoms with van der Waals surface area (Å²) in [5.74, 6) is 1.82. The maximum Gasteiger partial charge on any atom is 0.243 e. The molecule has 1 atom stereocenters. The molecule has 5 nitrogen and oxygen atoms in total. The zero-order chi connectivity index (χ0) is 15.3. The lowest BCUT2D eigenvalue weighted by Crippen LogP contribution is -2.45. The number of nitrogens with one attached hydrogen (secondary N) is 1. The summed E-state index contributed by atoms with van der Waals surface area (Å²) < 4.78 is 26.4. The third kappa shape index (κ3) is 3.63. The molecular formula is C15H18N2O3S. The summed E-state index contributed by atoms with van der Waals surface area (Å²) >= 11 is 0. The first-order valence-electron chi connectivity index (χ1n) is 6.82. The topological polar surface area (TPSA) is 66.5 Å². The van der Waals surface area contributed by atoms with Crippen molar-refractivity contribution >= 4 is 15.9 Å². The highest BCUT2D eigenvalue weighted by molar-refractivity contribution is 7.89. The fraction of sp³-hybridized carbons (Fsp3) is 0.400. The van der Waals surface area contributed by atoms with Crippen LogP contribution in [0.1, 0.15) is 12.8 Å². The lowest BCUT2D eigenvalue weighted by atomic mass is 9.99. The van der Waals surface area contributed by atoms with E-state index in [-0.39, 0.29) is 29.8 Å². The maximum atomic E-state index is 12.5. The highest BCUT2D eigenvalue weighted by Gasteiger charge is 2.32. The Labute approximate surface area is 125 Å². The second kappa shape index (κ2) is 6.74. The van der Waals surface area contributed by atoms with E-state index in [2.05, 4.69) is 11.2 Å². The van der Waals surface area contributed by atoms with E-state index in [9.17, 15) is 13.2 Å². The van der Waals surface area contributed by atoms with Gasteiger partial charge in [-0.15, -0.1) is 6.42 Å². The summed E-state index contributed by atoms with van der Waals surface area (Å²) in [4.78, 5) is 12.2. The van der Waals surface area contributed by atoms with Gasteiger partial charge < -0.3 is 5.32 Å². The fourth-order valence-electron chi connectivity index (χ4n) is 2.40. The van der Waals surface area contributed by atoms with Gasteiger partial charge in [0.2, 0.25) is 15.9 Å². The number of terminal acetylenes is 1. The van der Waals surface area contributed by atoms with Crippen LogP contribution in [-0.2, 0) is 14.8 Å². The van der Waals surface area contributed by atoms with Crippen LogP contribution < -0.4 is 5.32 Å². The number of hydrogen-bond donors (Lipinski definition) is 1. The van der Waals surface area contributed by atoms with Gasteiger partial charge in [0.1, 0.15) is 0 Å². The number of sulfonamides is 1. The lowest BCUT2D eigenvalue weighted by Gasteiger charge is -2.31. The van der Waals surface area contributed by atoms with Crippen molar-refractivity contribution in [2.75, 3.05) is 19.6 Å². The Hall–Kier alpha value is -1.84. The molecule has 0 radical (unpaired) electrons. The minimum Gasteiger partial charge on any atom is -0.345 e. The van der Waals surface area contributed by atoms with E-state index in [1.807, 2.05) is 0 Å². The van der Waals surface area contributed by atoms with Crippen LogP contribution in [0, 0.1) is 18.3 Å². The Bertz CT molecular complexity index is 635. The Morgan fingerprint density at radius 3 is 2.76 bits per heavy atom. The number of benzene rings is 1. The van der Waals surface area contributed by atoms with Gasteiger partial charge in [0.25, 0.3) is 0 Å². The van der Waals surface area contributed by atoms with Gasteiger partial charge in [-0.1, -0.05) is 24.1 Å². The molecule has 0 saturated carbocycles. The van der Waals surface area contributed by atoms with Crippen molar-refractivity contribution in [3.63, 3.8) is 0 Å². The molecule has 0 aliphatic carbocycles. The van der Waals surface area contributed by atoms with Crippen LogP contribution in [0.4, 0.5) is 0 Å². The molecule has 1 amide bonds. The summed E-state index contributed by atoms with van der Waals surface area (Å²) in [7, 11) is -3.54. The van der Waals surface area contributed by atoms with E-state index in [1.54, 1.807) is 30.3 Å². The van der Waals surface area contributed by atoms with Crippen LogP contribution in [0.3, 0.4) is 0 Å². The first-order valence-corrected chi connectivity index (χ1v) is 8.26. The molecule has 0 spiro atoms. The summed E-state index contributed by atoms with van der Waals surface area (Å²) in [5, 5.41) is 2.62. The van der Waals surface area contributed by atoms with Gasteiger partial charge in [0, 0.05) is 13.1 Å². The number of carbonyl (C=O) groups excluding carboxylic acids is 1. The number of hydrogen-bond acceptors (Lipinski definition) is 3. The summed E-state index contributed by atoms with van der Waals surface area (Å²) in [5.41, 5.74) is 0. The standard InChI is InChI=1S/C15H18N2O3S/c1-2-10-16-15(18)13-7-6-11-17(12-13)21(19,20)14-8-4-3-5-9-14/h1,3-5,8-9,13H,6-7,10-12H2,(H,16,18)/t13-/m0/s1. The highest BCUT2D eigenvalue weighted by Crippen LogP contribution is 2.23. The van der Waals surface area contributed by atoms with E-state index in [0.717, 1.165) is 0 Å².